The second kappa shape index (κ2) is 7.95. The third-order valence-corrected chi connectivity index (χ3v) is 6.92. The van der Waals surface area contributed by atoms with E-state index >= 15 is 0 Å². The van der Waals surface area contributed by atoms with Gasteiger partial charge in [-0.1, -0.05) is 97.1 Å². The Labute approximate surface area is 188 Å². The molecule has 1 aliphatic carbocycles. The number of hydrogen-bond donors (Lipinski definition) is 0. The predicted molar refractivity (Wildman–Crippen MR) is 127 cm³/mol. The summed E-state index contributed by atoms with van der Waals surface area (Å²) in [6.45, 7) is 0. The Kier molecular flexibility index (Phi) is 5.15. The maximum Gasteiger partial charge on any atom is 0.0707 e. The largest absolute Gasteiger partial charge is 0.122 e. The van der Waals surface area contributed by atoms with Crippen molar-refractivity contribution in [2.24, 2.45) is 0 Å². The Morgan fingerprint density at radius 3 is 1.33 bits per heavy atom. The zero-order chi connectivity index (χ0) is 20.6. The first-order valence-corrected chi connectivity index (χ1v) is 11.3. The summed E-state index contributed by atoms with van der Waals surface area (Å²) in [5.74, 6) is 1.04. The van der Waals surface area contributed by atoms with Crippen LogP contribution in [0.15, 0.2) is 97.1 Å². The van der Waals surface area contributed by atoms with E-state index in [-0.39, 0.29) is 5.41 Å². The maximum atomic E-state index is 6.10. The minimum atomic E-state index is -0.374. The molecule has 0 aliphatic heterocycles. The third kappa shape index (κ3) is 2.98. The lowest BCUT2D eigenvalue weighted by molar-refractivity contribution is 0.702. The van der Waals surface area contributed by atoms with Crippen molar-refractivity contribution < 1.29 is 0 Å². The van der Waals surface area contributed by atoms with Gasteiger partial charge in [-0.25, -0.2) is 0 Å². The Balaban J connectivity index is 1.89. The van der Waals surface area contributed by atoms with Crippen molar-refractivity contribution in [3.8, 4) is 0 Å². The first-order chi connectivity index (χ1) is 14.8. The van der Waals surface area contributed by atoms with Crippen LogP contribution in [0.25, 0.3) is 0 Å². The topological polar surface area (TPSA) is 0 Å². The Morgan fingerprint density at radius 1 is 0.533 bits per heavy atom. The number of halogens is 2. The summed E-state index contributed by atoms with van der Waals surface area (Å²) in [5, 5.41) is 0. The van der Waals surface area contributed by atoms with Gasteiger partial charge in [0.2, 0.25) is 0 Å². The van der Waals surface area contributed by atoms with Crippen LogP contribution in [-0.4, -0.2) is 0 Å². The molecule has 30 heavy (non-hydrogen) atoms. The van der Waals surface area contributed by atoms with Crippen LogP contribution < -0.4 is 0 Å². The van der Waals surface area contributed by atoms with Gasteiger partial charge in [0.15, 0.2) is 0 Å². The average molecular weight is 429 g/mol. The monoisotopic (exact) mass is 428 g/mol. The number of fused-ring (bicyclic) bond motifs is 2. The SMILES string of the molecule is ClCc1ccc(C2(c3ccc(CCl)cc3)c3ccccc3Cc3ccccc32)cc1. The van der Waals surface area contributed by atoms with Gasteiger partial charge in [-0.2, -0.15) is 0 Å². The first kappa shape index (κ1) is 19.4. The van der Waals surface area contributed by atoms with E-state index in [1.54, 1.807) is 0 Å². The highest BCUT2D eigenvalue weighted by molar-refractivity contribution is 6.17. The van der Waals surface area contributed by atoms with Crippen LogP contribution in [0.5, 0.6) is 0 Å². The fraction of sp³-hybridized carbons (Fsp3) is 0.143. The van der Waals surface area contributed by atoms with Gasteiger partial charge in [-0.15, -0.1) is 23.2 Å². The molecule has 0 fully saturated rings. The fourth-order valence-corrected chi connectivity index (χ4v) is 5.26. The van der Waals surface area contributed by atoms with Crippen LogP contribution >= 0.6 is 23.2 Å². The van der Waals surface area contributed by atoms with Gasteiger partial charge in [0.05, 0.1) is 5.41 Å². The normalized spacial score (nSPS) is 14.1. The summed E-state index contributed by atoms with van der Waals surface area (Å²) in [4.78, 5) is 0. The van der Waals surface area contributed by atoms with Gasteiger partial charge in [0, 0.05) is 11.8 Å². The minimum Gasteiger partial charge on any atom is -0.122 e. The number of benzene rings is 4. The lowest BCUT2D eigenvalue weighted by atomic mass is 9.59. The molecular formula is C28H22Cl2. The van der Waals surface area contributed by atoms with Crippen LogP contribution in [0.4, 0.5) is 0 Å². The molecule has 0 nitrogen and oxygen atoms in total. The molecule has 0 bridgehead atoms. The molecule has 0 atom stereocenters. The van der Waals surface area contributed by atoms with E-state index in [1.807, 2.05) is 0 Å². The fourth-order valence-electron chi connectivity index (χ4n) is 4.91. The molecule has 0 saturated heterocycles. The molecule has 0 unspecified atom stereocenters. The molecular weight excluding hydrogens is 407 g/mol. The van der Waals surface area contributed by atoms with Gasteiger partial charge in [-0.3, -0.25) is 0 Å². The molecule has 148 valence electrons. The summed E-state index contributed by atoms with van der Waals surface area (Å²) in [6, 6.07) is 35.3. The quantitative estimate of drug-likeness (QED) is 0.260. The molecule has 4 aromatic carbocycles. The lowest BCUT2D eigenvalue weighted by Crippen LogP contribution is -2.36. The lowest BCUT2D eigenvalue weighted by Gasteiger charge is -2.42. The van der Waals surface area contributed by atoms with Gasteiger partial charge in [-0.05, 0) is 50.9 Å². The standard InChI is InChI=1S/C28H22Cl2/c29-18-20-9-13-24(14-10-20)28(25-15-11-21(19-30)12-16-25)26-7-3-1-5-22(26)17-23-6-2-4-8-27(23)28/h1-16H,17-19H2. The summed E-state index contributed by atoms with van der Waals surface area (Å²) in [5.41, 5.74) is 9.85. The smallest absolute Gasteiger partial charge is 0.0707 e. The number of alkyl halides is 2. The minimum absolute atomic E-state index is 0.374. The zero-order valence-corrected chi connectivity index (χ0v) is 18.1. The number of hydrogen-bond acceptors (Lipinski definition) is 0. The zero-order valence-electron chi connectivity index (χ0n) is 16.6. The van der Waals surface area contributed by atoms with Gasteiger partial charge < -0.3 is 0 Å². The van der Waals surface area contributed by atoms with E-state index in [9.17, 15) is 0 Å². The predicted octanol–water partition coefficient (Wildman–Crippen LogP) is 7.45. The van der Waals surface area contributed by atoms with Gasteiger partial charge in [0.25, 0.3) is 0 Å². The van der Waals surface area contributed by atoms with E-state index in [1.165, 1.54) is 33.4 Å². The molecule has 0 amide bonds. The molecule has 5 rings (SSSR count). The average Bonchev–Trinajstić information content (AvgIpc) is 2.83. The van der Waals surface area contributed by atoms with Crippen molar-refractivity contribution >= 4 is 23.2 Å². The van der Waals surface area contributed by atoms with Crippen LogP contribution in [-0.2, 0) is 23.6 Å². The molecule has 0 N–H and O–H groups in total. The molecule has 0 saturated carbocycles. The Morgan fingerprint density at radius 2 is 0.933 bits per heavy atom. The van der Waals surface area contributed by atoms with Crippen molar-refractivity contribution in [2.45, 2.75) is 23.6 Å². The van der Waals surface area contributed by atoms with E-state index in [2.05, 4.69) is 97.1 Å². The first-order valence-electron chi connectivity index (χ1n) is 10.2. The molecule has 2 heteroatoms. The maximum absolute atomic E-state index is 6.10. The van der Waals surface area contributed by atoms with Crippen molar-refractivity contribution in [3.63, 3.8) is 0 Å². The highest BCUT2D eigenvalue weighted by Gasteiger charge is 2.43. The summed E-state index contributed by atoms with van der Waals surface area (Å²) < 4.78 is 0. The van der Waals surface area contributed by atoms with E-state index in [0.29, 0.717) is 11.8 Å². The summed E-state index contributed by atoms with van der Waals surface area (Å²) in [6.07, 6.45) is 0.952. The van der Waals surface area contributed by atoms with E-state index in [4.69, 9.17) is 23.2 Å². The summed E-state index contributed by atoms with van der Waals surface area (Å²) in [7, 11) is 0. The van der Waals surface area contributed by atoms with E-state index in [0.717, 1.165) is 17.5 Å². The van der Waals surface area contributed by atoms with Crippen LogP contribution in [0.3, 0.4) is 0 Å². The third-order valence-electron chi connectivity index (χ3n) is 6.31. The van der Waals surface area contributed by atoms with Gasteiger partial charge >= 0.3 is 0 Å². The molecule has 0 aromatic heterocycles. The van der Waals surface area contributed by atoms with Crippen molar-refractivity contribution in [1.82, 2.24) is 0 Å². The molecule has 0 radical (unpaired) electrons. The Hall–Kier alpha value is -2.54. The van der Waals surface area contributed by atoms with Crippen molar-refractivity contribution in [3.05, 3.63) is 142 Å². The summed E-state index contributed by atoms with van der Waals surface area (Å²) >= 11 is 12.2. The van der Waals surface area contributed by atoms with Crippen molar-refractivity contribution in [1.29, 1.82) is 0 Å². The van der Waals surface area contributed by atoms with Gasteiger partial charge in [0.1, 0.15) is 0 Å². The van der Waals surface area contributed by atoms with Crippen LogP contribution in [0.2, 0.25) is 0 Å². The highest BCUT2D eigenvalue weighted by Crippen LogP contribution is 2.50. The Bertz CT molecular complexity index is 1080. The van der Waals surface area contributed by atoms with Crippen LogP contribution in [0.1, 0.15) is 44.5 Å². The number of rotatable bonds is 4. The molecule has 1 aliphatic rings. The molecule has 0 spiro atoms. The molecule has 0 heterocycles. The highest BCUT2D eigenvalue weighted by atomic mass is 35.5. The molecule has 4 aromatic rings. The second-order valence-electron chi connectivity index (χ2n) is 7.90. The van der Waals surface area contributed by atoms with Crippen LogP contribution in [0, 0.1) is 0 Å². The van der Waals surface area contributed by atoms with Crippen molar-refractivity contribution in [2.75, 3.05) is 0 Å². The van der Waals surface area contributed by atoms with E-state index < -0.39 is 0 Å². The second-order valence-corrected chi connectivity index (χ2v) is 8.44.